The average Bonchev–Trinajstić information content (AvgIpc) is 3.41. The number of hydrogen-bond donors (Lipinski definition) is 2. The number of carbonyl (C=O) groups excluding carboxylic acids is 1. The van der Waals surface area contributed by atoms with E-state index in [1.165, 1.54) is 0 Å². The first-order chi connectivity index (χ1) is 14.1. The van der Waals surface area contributed by atoms with Gasteiger partial charge in [-0.15, -0.1) is 0 Å². The molecule has 0 spiro atoms. The summed E-state index contributed by atoms with van der Waals surface area (Å²) in [7, 11) is 1.73. The second-order valence-electron chi connectivity index (χ2n) is 7.82. The molecule has 7 heteroatoms. The maximum Gasteiger partial charge on any atom is 0.222 e. The van der Waals surface area contributed by atoms with Gasteiger partial charge in [0.2, 0.25) is 5.91 Å². The Morgan fingerprint density at radius 1 is 1.21 bits per heavy atom. The lowest BCUT2D eigenvalue weighted by atomic mass is 10.1. The van der Waals surface area contributed by atoms with Crippen LogP contribution in [0.5, 0.6) is 5.75 Å². The molecule has 29 heavy (non-hydrogen) atoms. The number of para-hydroxylation sites is 2. The zero-order chi connectivity index (χ0) is 20.6. The van der Waals surface area contributed by atoms with Crippen molar-refractivity contribution in [2.45, 2.75) is 39.2 Å². The summed E-state index contributed by atoms with van der Waals surface area (Å²) in [5, 5.41) is 6.88. The SMILES string of the molecule is CCNC(=NCC1CCN(c2ccccc2OC)C1)NC1CCN(C(=O)CC)C1. The summed E-state index contributed by atoms with van der Waals surface area (Å²) < 4.78 is 5.51. The van der Waals surface area contributed by atoms with Crippen molar-refractivity contribution in [3.05, 3.63) is 24.3 Å². The molecule has 1 amide bonds. The van der Waals surface area contributed by atoms with Crippen molar-refractivity contribution in [1.82, 2.24) is 15.5 Å². The van der Waals surface area contributed by atoms with E-state index in [0.29, 0.717) is 12.3 Å². The maximum absolute atomic E-state index is 11.9. The molecule has 1 aromatic rings. The summed E-state index contributed by atoms with van der Waals surface area (Å²) in [5.41, 5.74) is 1.16. The lowest BCUT2D eigenvalue weighted by Gasteiger charge is -2.21. The first-order valence-electron chi connectivity index (χ1n) is 10.8. The lowest BCUT2D eigenvalue weighted by molar-refractivity contribution is -0.129. The van der Waals surface area contributed by atoms with Crippen LogP contribution in [0.4, 0.5) is 5.69 Å². The van der Waals surface area contributed by atoms with Crippen molar-refractivity contribution in [3.63, 3.8) is 0 Å². The van der Waals surface area contributed by atoms with E-state index in [9.17, 15) is 4.79 Å². The monoisotopic (exact) mass is 401 g/mol. The fraction of sp³-hybridized carbons (Fsp3) is 0.636. The van der Waals surface area contributed by atoms with E-state index in [0.717, 1.165) is 69.5 Å². The highest BCUT2D eigenvalue weighted by Gasteiger charge is 2.27. The number of methoxy groups -OCH3 is 1. The number of rotatable bonds is 7. The molecule has 2 heterocycles. The summed E-state index contributed by atoms with van der Waals surface area (Å²) in [5.74, 6) is 2.55. The first kappa shape index (κ1) is 21.3. The number of guanidine groups is 1. The molecular formula is C22H35N5O2. The molecule has 1 aromatic carbocycles. The number of ether oxygens (including phenoxy) is 1. The highest BCUT2D eigenvalue weighted by molar-refractivity contribution is 5.80. The van der Waals surface area contributed by atoms with Gasteiger partial charge >= 0.3 is 0 Å². The van der Waals surface area contributed by atoms with Crippen LogP contribution in [0, 0.1) is 5.92 Å². The Hall–Kier alpha value is -2.44. The molecule has 0 radical (unpaired) electrons. The molecule has 2 saturated heterocycles. The van der Waals surface area contributed by atoms with Gasteiger partial charge in [0.15, 0.2) is 5.96 Å². The van der Waals surface area contributed by atoms with Crippen LogP contribution in [-0.4, -0.2) is 69.2 Å². The van der Waals surface area contributed by atoms with E-state index in [1.807, 2.05) is 24.0 Å². The van der Waals surface area contributed by atoms with Gasteiger partial charge in [-0.25, -0.2) is 0 Å². The van der Waals surface area contributed by atoms with E-state index in [1.54, 1.807) is 7.11 Å². The Bertz CT molecular complexity index is 708. The van der Waals surface area contributed by atoms with E-state index >= 15 is 0 Å². The third-order valence-corrected chi connectivity index (χ3v) is 5.75. The highest BCUT2D eigenvalue weighted by atomic mass is 16.5. The molecule has 2 fully saturated rings. The van der Waals surface area contributed by atoms with Gasteiger partial charge in [0.1, 0.15) is 5.75 Å². The van der Waals surface area contributed by atoms with Gasteiger partial charge in [0.25, 0.3) is 0 Å². The number of benzene rings is 1. The van der Waals surface area contributed by atoms with Crippen molar-refractivity contribution in [3.8, 4) is 5.75 Å². The Kier molecular flexibility index (Phi) is 7.61. The van der Waals surface area contributed by atoms with Crippen molar-refractivity contribution in [2.24, 2.45) is 10.9 Å². The summed E-state index contributed by atoms with van der Waals surface area (Å²) >= 11 is 0. The van der Waals surface area contributed by atoms with Gasteiger partial charge in [0.05, 0.1) is 12.8 Å². The predicted octanol–water partition coefficient (Wildman–Crippen LogP) is 2.09. The van der Waals surface area contributed by atoms with Gasteiger partial charge in [0, 0.05) is 51.7 Å². The molecule has 7 nitrogen and oxygen atoms in total. The summed E-state index contributed by atoms with van der Waals surface area (Å²) in [6, 6.07) is 8.48. The Labute approximate surface area is 174 Å². The Morgan fingerprint density at radius 3 is 2.79 bits per heavy atom. The van der Waals surface area contributed by atoms with E-state index < -0.39 is 0 Å². The maximum atomic E-state index is 11.9. The fourth-order valence-electron chi connectivity index (χ4n) is 4.15. The third-order valence-electron chi connectivity index (χ3n) is 5.75. The number of amides is 1. The van der Waals surface area contributed by atoms with E-state index in [-0.39, 0.29) is 11.9 Å². The molecule has 160 valence electrons. The van der Waals surface area contributed by atoms with Crippen LogP contribution >= 0.6 is 0 Å². The molecule has 2 aliphatic heterocycles. The molecule has 2 N–H and O–H groups in total. The van der Waals surface area contributed by atoms with Crippen LogP contribution in [0.25, 0.3) is 0 Å². The number of aliphatic imine (C=N–C) groups is 1. The minimum atomic E-state index is 0.235. The zero-order valence-electron chi connectivity index (χ0n) is 18.0. The third kappa shape index (κ3) is 5.55. The number of anilines is 1. The van der Waals surface area contributed by atoms with E-state index in [4.69, 9.17) is 9.73 Å². The van der Waals surface area contributed by atoms with Gasteiger partial charge in [-0.1, -0.05) is 19.1 Å². The Morgan fingerprint density at radius 2 is 2.03 bits per heavy atom. The number of hydrogen-bond acceptors (Lipinski definition) is 4. The van der Waals surface area contributed by atoms with Gasteiger partial charge < -0.3 is 25.2 Å². The van der Waals surface area contributed by atoms with Crippen molar-refractivity contribution in [1.29, 1.82) is 0 Å². The quantitative estimate of drug-likeness (QED) is 0.541. The number of likely N-dealkylation sites (tertiary alicyclic amines) is 1. The molecule has 2 atom stereocenters. The van der Waals surface area contributed by atoms with Gasteiger partial charge in [-0.05, 0) is 37.8 Å². The fourth-order valence-corrected chi connectivity index (χ4v) is 4.15. The molecule has 3 rings (SSSR count). The smallest absolute Gasteiger partial charge is 0.222 e. The number of nitrogens with zero attached hydrogens (tertiary/aromatic N) is 3. The largest absolute Gasteiger partial charge is 0.495 e. The highest BCUT2D eigenvalue weighted by Crippen LogP contribution is 2.31. The van der Waals surface area contributed by atoms with Gasteiger partial charge in [-0.2, -0.15) is 0 Å². The molecule has 2 unspecified atom stereocenters. The molecular weight excluding hydrogens is 366 g/mol. The van der Waals surface area contributed by atoms with Crippen molar-refractivity contribution < 1.29 is 9.53 Å². The van der Waals surface area contributed by atoms with Gasteiger partial charge in [-0.3, -0.25) is 9.79 Å². The second kappa shape index (κ2) is 10.4. The van der Waals surface area contributed by atoms with Crippen LogP contribution in [0.2, 0.25) is 0 Å². The van der Waals surface area contributed by atoms with Crippen LogP contribution in [0.3, 0.4) is 0 Å². The number of nitrogens with one attached hydrogen (secondary N) is 2. The molecule has 0 saturated carbocycles. The van der Waals surface area contributed by atoms with Crippen LogP contribution in [0.1, 0.15) is 33.1 Å². The predicted molar refractivity (Wildman–Crippen MR) is 118 cm³/mol. The molecule has 0 aromatic heterocycles. The van der Waals surface area contributed by atoms with Crippen LogP contribution in [-0.2, 0) is 4.79 Å². The zero-order valence-corrected chi connectivity index (χ0v) is 18.0. The standard InChI is InChI=1S/C22H35N5O2/c1-4-21(28)27-13-11-18(16-27)25-22(23-5-2)24-14-17-10-12-26(15-17)19-8-6-7-9-20(19)29-3/h6-9,17-18H,4-5,10-16H2,1-3H3,(H2,23,24,25). The van der Waals surface area contributed by atoms with Crippen molar-refractivity contribution >= 4 is 17.6 Å². The lowest BCUT2D eigenvalue weighted by Crippen LogP contribution is -2.45. The molecule has 0 bridgehead atoms. The van der Waals surface area contributed by atoms with Crippen molar-refractivity contribution in [2.75, 3.05) is 51.3 Å². The van der Waals surface area contributed by atoms with E-state index in [2.05, 4.69) is 34.6 Å². The normalized spacial score (nSPS) is 22.1. The summed E-state index contributed by atoms with van der Waals surface area (Å²) in [6.07, 6.45) is 2.68. The second-order valence-corrected chi connectivity index (χ2v) is 7.82. The minimum absolute atomic E-state index is 0.235. The minimum Gasteiger partial charge on any atom is -0.495 e. The summed E-state index contributed by atoms with van der Waals surface area (Å²) in [4.78, 5) is 21.1. The molecule has 2 aliphatic rings. The van der Waals surface area contributed by atoms with Crippen LogP contribution < -0.4 is 20.3 Å². The molecule has 0 aliphatic carbocycles. The number of carbonyl (C=O) groups is 1. The topological polar surface area (TPSA) is 69.2 Å². The average molecular weight is 402 g/mol. The Balaban J connectivity index is 1.53. The first-order valence-corrected chi connectivity index (χ1v) is 10.8. The summed E-state index contributed by atoms with van der Waals surface area (Å²) in [6.45, 7) is 9.25. The van der Waals surface area contributed by atoms with Crippen LogP contribution in [0.15, 0.2) is 29.3 Å².